The predicted octanol–water partition coefficient (Wildman–Crippen LogP) is 3.24. The molecule has 0 aliphatic rings. The largest absolute Gasteiger partial charge is 0.316 e. The Kier molecular flexibility index (Phi) is 4.50. The van der Waals surface area contributed by atoms with Crippen molar-refractivity contribution in [3.8, 4) is 0 Å². The van der Waals surface area contributed by atoms with Crippen LogP contribution in [0.2, 0.25) is 5.02 Å². The lowest BCUT2D eigenvalue weighted by Crippen LogP contribution is -2.11. The molecular formula is C13H14ClF2N3. The minimum atomic E-state index is -2.55. The van der Waals surface area contributed by atoms with E-state index in [4.69, 9.17) is 11.6 Å². The van der Waals surface area contributed by atoms with Crippen LogP contribution in [0, 0.1) is 0 Å². The van der Waals surface area contributed by atoms with E-state index in [1.165, 1.54) is 10.9 Å². The van der Waals surface area contributed by atoms with Crippen molar-refractivity contribution in [1.82, 2.24) is 15.1 Å². The number of aromatic nitrogens is 2. The third kappa shape index (κ3) is 3.30. The minimum absolute atomic E-state index is 0.0469. The maximum absolute atomic E-state index is 13.1. The molecule has 0 spiro atoms. The average Bonchev–Trinajstić information content (AvgIpc) is 2.72. The van der Waals surface area contributed by atoms with Gasteiger partial charge in [0.15, 0.2) is 0 Å². The third-order valence-corrected chi connectivity index (χ3v) is 2.99. The van der Waals surface area contributed by atoms with Crippen LogP contribution in [0.25, 0.3) is 0 Å². The zero-order chi connectivity index (χ0) is 13.8. The third-order valence-electron chi connectivity index (χ3n) is 2.76. The summed E-state index contributed by atoms with van der Waals surface area (Å²) < 4.78 is 27.5. The van der Waals surface area contributed by atoms with Gasteiger partial charge in [-0.1, -0.05) is 23.7 Å². The number of nitrogens with zero attached hydrogens (tertiary/aromatic N) is 2. The normalized spacial score (nSPS) is 11.2. The summed E-state index contributed by atoms with van der Waals surface area (Å²) in [5.41, 5.74) is 1.31. The van der Waals surface area contributed by atoms with E-state index in [0.717, 1.165) is 5.56 Å². The minimum Gasteiger partial charge on any atom is -0.316 e. The topological polar surface area (TPSA) is 29.9 Å². The lowest BCUT2D eigenvalue weighted by atomic mass is 10.2. The molecule has 2 rings (SSSR count). The van der Waals surface area contributed by atoms with Crippen molar-refractivity contribution in [2.24, 2.45) is 0 Å². The molecule has 3 nitrogen and oxygen atoms in total. The highest BCUT2D eigenvalue weighted by Gasteiger charge is 2.19. The second-order valence-corrected chi connectivity index (χ2v) is 4.61. The van der Waals surface area contributed by atoms with Crippen molar-refractivity contribution in [1.29, 1.82) is 0 Å². The Hall–Kier alpha value is -1.46. The second-order valence-electron chi connectivity index (χ2n) is 4.17. The van der Waals surface area contributed by atoms with Gasteiger partial charge in [-0.05, 0) is 24.7 Å². The number of hydrogen-bond acceptors (Lipinski definition) is 2. The van der Waals surface area contributed by atoms with Crippen LogP contribution in [0.1, 0.15) is 23.2 Å². The highest BCUT2D eigenvalue weighted by molar-refractivity contribution is 6.30. The van der Waals surface area contributed by atoms with Gasteiger partial charge < -0.3 is 5.32 Å². The van der Waals surface area contributed by atoms with Gasteiger partial charge in [0.25, 0.3) is 6.43 Å². The van der Waals surface area contributed by atoms with E-state index in [1.54, 1.807) is 25.2 Å². The molecule has 0 bridgehead atoms. The van der Waals surface area contributed by atoms with Gasteiger partial charge in [-0.2, -0.15) is 5.10 Å². The molecule has 102 valence electrons. The molecule has 0 atom stereocenters. The van der Waals surface area contributed by atoms with Crippen LogP contribution in [0.15, 0.2) is 30.5 Å². The summed E-state index contributed by atoms with van der Waals surface area (Å²) in [6.07, 6.45) is -1.08. The van der Waals surface area contributed by atoms with E-state index >= 15 is 0 Å². The van der Waals surface area contributed by atoms with Gasteiger partial charge >= 0.3 is 0 Å². The van der Waals surface area contributed by atoms with E-state index in [1.807, 2.05) is 6.07 Å². The van der Waals surface area contributed by atoms with Crippen LogP contribution in [0.4, 0.5) is 8.78 Å². The highest BCUT2D eigenvalue weighted by Crippen LogP contribution is 2.24. The number of halogens is 3. The summed E-state index contributed by atoms with van der Waals surface area (Å²) in [6.45, 7) is 0.652. The first-order chi connectivity index (χ1) is 9.11. The summed E-state index contributed by atoms with van der Waals surface area (Å²) in [5.74, 6) is 0. The first-order valence-corrected chi connectivity index (χ1v) is 6.21. The van der Waals surface area contributed by atoms with Crippen molar-refractivity contribution in [2.75, 3.05) is 7.05 Å². The van der Waals surface area contributed by atoms with E-state index in [-0.39, 0.29) is 12.2 Å². The molecule has 1 aromatic heterocycles. The van der Waals surface area contributed by atoms with Crippen molar-refractivity contribution < 1.29 is 8.78 Å². The lowest BCUT2D eigenvalue weighted by molar-refractivity contribution is 0.138. The molecule has 0 aliphatic heterocycles. The fourth-order valence-corrected chi connectivity index (χ4v) is 2.16. The van der Waals surface area contributed by atoms with Gasteiger partial charge in [-0.3, -0.25) is 4.68 Å². The van der Waals surface area contributed by atoms with Crippen LogP contribution in [0.3, 0.4) is 0 Å². The fourth-order valence-electron chi connectivity index (χ4n) is 1.95. The molecule has 0 saturated carbocycles. The van der Waals surface area contributed by atoms with E-state index in [2.05, 4.69) is 10.4 Å². The molecule has 1 heterocycles. The lowest BCUT2D eigenvalue weighted by Gasteiger charge is -2.09. The van der Waals surface area contributed by atoms with Gasteiger partial charge in [0.1, 0.15) is 5.69 Å². The Labute approximate surface area is 115 Å². The van der Waals surface area contributed by atoms with Gasteiger partial charge in [-0.15, -0.1) is 0 Å². The number of nitrogens with one attached hydrogen (secondary N) is 1. The Morgan fingerprint density at radius 1 is 1.42 bits per heavy atom. The van der Waals surface area contributed by atoms with Gasteiger partial charge in [0.05, 0.1) is 12.7 Å². The molecule has 0 fully saturated rings. The summed E-state index contributed by atoms with van der Waals surface area (Å²) in [6, 6.07) is 7.11. The molecule has 1 N–H and O–H groups in total. The molecule has 0 radical (unpaired) electrons. The SMILES string of the molecule is CNCc1cnn(Cc2cccc(Cl)c2)c1C(F)F. The molecule has 2 aromatic rings. The van der Waals surface area contributed by atoms with E-state index in [0.29, 0.717) is 17.1 Å². The monoisotopic (exact) mass is 285 g/mol. The van der Waals surface area contributed by atoms with Crippen LogP contribution >= 0.6 is 11.6 Å². The maximum atomic E-state index is 13.1. The summed E-state index contributed by atoms with van der Waals surface area (Å²) in [5, 5.41) is 7.47. The van der Waals surface area contributed by atoms with E-state index < -0.39 is 6.43 Å². The van der Waals surface area contributed by atoms with Crippen LogP contribution in [0.5, 0.6) is 0 Å². The van der Waals surface area contributed by atoms with Crippen molar-refractivity contribution in [3.05, 3.63) is 52.3 Å². The standard InChI is InChI=1S/C13H14ClF2N3/c1-17-6-10-7-18-19(12(10)13(15)16)8-9-3-2-4-11(14)5-9/h2-5,7,13,17H,6,8H2,1H3. The number of alkyl halides is 2. The van der Waals surface area contributed by atoms with Crippen molar-refractivity contribution in [3.63, 3.8) is 0 Å². The van der Waals surface area contributed by atoms with Crippen LogP contribution in [-0.4, -0.2) is 16.8 Å². The first kappa shape index (κ1) is 14.0. The average molecular weight is 286 g/mol. The maximum Gasteiger partial charge on any atom is 0.280 e. The zero-order valence-corrected chi connectivity index (χ0v) is 11.2. The molecule has 19 heavy (non-hydrogen) atoms. The predicted molar refractivity (Wildman–Crippen MR) is 70.5 cm³/mol. The zero-order valence-electron chi connectivity index (χ0n) is 10.4. The van der Waals surface area contributed by atoms with Crippen LogP contribution < -0.4 is 5.32 Å². The van der Waals surface area contributed by atoms with Gasteiger partial charge in [-0.25, -0.2) is 8.78 Å². The molecule has 0 unspecified atom stereocenters. The summed E-state index contributed by atoms with van der Waals surface area (Å²) >= 11 is 5.88. The van der Waals surface area contributed by atoms with Crippen molar-refractivity contribution in [2.45, 2.75) is 19.5 Å². The molecule has 6 heteroatoms. The Balaban J connectivity index is 2.29. The number of hydrogen-bond donors (Lipinski definition) is 1. The Morgan fingerprint density at radius 3 is 2.84 bits per heavy atom. The second kappa shape index (κ2) is 6.12. The van der Waals surface area contributed by atoms with E-state index in [9.17, 15) is 8.78 Å². The van der Waals surface area contributed by atoms with Crippen LogP contribution in [-0.2, 0) is 13.1 Å². The first-order valence-electron chi connectivity index (χ1n) is 5.83. The Morgan fingerprint density at radius 2 is 2.21 bits per heavy atom. The molecular weight excluding hydrogens is 272 g/mol. The molecule has 0 saturated heterocycles. The molecule has 0 amide bonds. The fraction of sp³-hybridized carbons (Fsp3) is 0.308. The van der Waals surface area contributed by atoms with Gasteiger partial charge in [0, 0.05) is 17.1 Å². The number of benzene rings is 1. The van der Waals surface area contributed by atoms with Gasteiger partial charge in [0.2, 0.25) is 0 Å². The summed E-state index contributed by atoms with van der Waals surface area (Å²) in [4.78, 5) is 0. The quantitative estimate of drug-likeness (QED) is 0.914. The highest BCUT2D eigenvalue weighted by atomic mass is 35.5. The van der Waals surface area contributed by atoms with Crippen molar-refractivity contribution >= 4 is 11.6 Å². The smallest absolute Gasteiger partial charge is 0.280 e. The molecule has 1 aromatic carbocycles. The molecule has 0 aliphatic carbocycles. The Bertz CT molecular complexity index is 555. The summed E-state index contributed by atoms with van der Waals surface area (Å²) in [7, 11) is 1.71. The number of rotatable bonds is 5.